The Kier molecular flexibility index (Phi) is 2.86. The van der Waals surface area contributed by atoms with E-state index in [-0.39, 0.29) is 5.78 Å². The van der Waals surface area contributed by atoms with Gasteiger partial charge in [-0.2, -0.15) is 4.98 Å². The lowest BCUT2D eigenvalue weighted by Crippen LogP contribution is -1.94. The summed E-state index contributed by atoms with van der Waals surface area (Å²) in [6.45, 7) is 1.54. The largest absolute Gasteiger partial charge is 0.339 e. The standard InChI is InChI=1S/C9H9N3O2S/c1-6(13)2-3-8-11-9(12-14-8)7-4-15-5-10-7/h4-5H,2-3H2,1H3. The zero-order valence-electron chi connectivity index (χ0n) is 8.14. The third-order valence-electron chi connectivity index (χ3n) is 1.82. The number of carbonyl (C=O) groups is 1. The van der Waals surface area contributed by atoms with Crippen LogP contribution in [-0.2, 0) is 11.2 Å². The second kappa shape index (κ2) is 4.31. The summed E-state index contributed by atoms with van der Waals surface area (Å²) in [5, 5.41) is 5.63. The Morgan fingerprint density at radius 1 is 1.60 bits per heavy atom. The van der Waals surface area contributed by atoms with Gasteiger partial charge in [-0.1, -0.05) is 5.16 Å². The van der Waals surface area contributed by atoms with Crippen LogP contribution in [0, 0.1) is 0 Å². The first kappa shape index (κ1) is 9.97. The first-order valence-electron chi connectivity index (χ1n) is 4.46. The Hall–Kier alpha value is -1.56. The van der Waals surface area contributed by atoms with Crippen LogP contribution in [0.5, 0.6) is 0 Å². The van der Waals surface area contributed by atoms with Gasteiger partial charge in [0.2, 0.25) is 11.7 Å². The predicted molar refractivity (Wildman–Crippen MR) is 54.4 cm³/mol. The maximum Gasteiger partial charge on any atom is 0.227 e. The van der Waals surface area contributed by atoms with Crippen molar-refractivity contribution in [2.45, 2.75) is 19.8 Å². The van der Waals surface area contributed by atoms with Gasteiger partial charge in [0.05, 0.1) is 5.51 Å². The second-order valence-corrected chi connectivity index (χ2v) is 3.81. The topological polar surface area (TPSA) is 68.9 Å². The van der Waals surface area contributed by atoms with E-state index in [1.165, 1.54) is 18.3 Å². The van der Waals surface area contributed by atoms with E-state index in [0.29, 0.717) is 30.3 Å². The van der Waals surface area contributed by atoms with E-state index < -0.39 is 0 Å². The molecule has 0 aliphatic rings. The summed E-state index contributed by atoms with van der Waals surface area (Å²) in [5.41, 5.74) is 2.42. The zero-order valence-corrected chi connectivity index (χ0v) is 8.95. The molecule has 0 bridgehead atoms. The molecule has 2 aromatic rings. The first-order valence-corrected chi connectivity index (χ1v) is 5.40. The third-order valence-corrected chi connectivity index (χ3v) is 2.41. The van der Waals surface area contributed by atoms with Gasteiger partial charge < -0.3 is 9.32 Å². The highest BCUT2D eigenvalue weighted by atomic mass is 32.1. The average molecular weight is 223 g/mol. The van der Waals surface area contributed by atoms with Crippen molar-refractivity contribution in [1.29, 1.82) is 0 Å². The van der Waals surface area contributed by atoms with E-state index >= 15 is 0 Å². The van der Waals surface area contributed by atoms with Gasteiger partial charge in [0.1, 0.15) is 11.5 Å². The lowest BCUT2D eigenvalue weighted by atomic mass is 10.2. The van der Waals surface area contributed by atoms with E-state index in [9.17, 15) is 4.79 Å². The minimum absolute atomic E-state index is 0.114. The molecule has 0 aliphatic carbocycles. The highest BCUT2D eigenvalue weighted by molar-refractivity contribution is 7.07. The number of Topliss-reactive ketones (excluding diaryl/α,β-unsaturated/α-hetero) is 1. The van der Waals surface area contributed by atoms with Crippen molar-refractivity contribution in [3.8, 4) is 11.5 Å². The van der Waals surface area contributed by atoms with Gasteiger partial charge in [-0.25, -0.2) is 4.98 Å². The molecule has 6 heteroatoms. The van der Waals surface area contributed by atoms with Crippen LogP contribution < -0.4 is 0 Å². The van der Waals surface area contributed by atoms with Gasteiger partial charge in [0, 0.05) is 18.2 Å². The van der Waals surface area contributed by atoms with Crippen molar-refractivity contribution in [3.63, 3.8) is 0 Å². The monoisotopic (exact) mass is 223 g/mol. The molecule has 15 heavy (non-hydrogen) atoms. The number of rotatable bonds is 4. The lowest BCUT2D eigenvalue weighted by Gasteiger charge is -1.87. The van der Waals surface area contributed by atoms with Crippen LogP contribution in [0.3, 0.4) is 0 Å². The minimum Gasteiger partial charge on any atom is -0.339 e. The number of nitrogens with zero attached hydrogens (tertiary/aromatic N) is 3. The molecule has 78 valence electrons. The van der Waals surface area contributed by atoms with Gasteiger partial charge in [0.15, 0.2) is 0 Å². The highest BCUT2D eigenvalue weighted by Crippen LogP contribution is 2.15. The molecule has 0 radical (unpaired) electrons. The Morgan fingerprint density at radius 2 is 2.47 bits per heavy atom. The van der Waals surface area contributed by atoms with Crippen LogP contribution in [0.1, 0.15) is 19.2 Å². The molecule has 0 N–H and O–H groups in total. The molecule has 0 spiro atoms. The molecule has 0 aliphatic heterocycles. The van der Waals surface area contributed by atoms with Crippen LogP contribution in [0.4, 0.5) is 0 Å². The Labute approximate surface area is 90.2 Å². The molecule has 0 unspecified atom stereocenters. The molecule has 0 atom stereocenters. The summed E-state index contributed by atoms with van der Waals surface area (Å²) in [6, 6.07) is 0. The van der Waals surface area contributed by atoms with Crippen molar-refractivity contribution in [1.82, 2.24) is 15.1 Å². The lowest BCUT2D eigenvalue weighted by molar-refractivity contribution is -0.117. The SMILES string of the molecule is CC(=O)CCc1nc(-c2cscn2)no1. The number of aromatic nitrogens is 3. The molecular weight excluding hydrogens is 214 g/mol. The van der Waals surface area contributed by atoms with Crippen molar-refractivity contribution in [2.75, 3.05) is 0 Å². The Bertz CT molecular complexity index is 450. The quantitative estimate of drug-likeness (QED) is 0.789. The van der Waals surface area contributed by atoms with Crippen LogP contribution in [0.15, 0.2) is 15.4 Å². The van der Waals surface area contributed by atoms with Gasteiger partial charge in [-0.3, -0.25) is 0 Å². The first-order chi connectivity index (χ1) is 7.25. The van der Waals surface area contributed by atoms with Crippen LogP contribution in [-0.4, -0.2) is 20.9 Å². The molecule has 2 aromatic heterocycles. The number of ketones is 1. The Balaban J connectivity index is 2.08. The summed E-state index contributed by atoms with van der Waals surface area (Å²) in [5.74, 6) is 1.08. The van der Waals surface area contributed by atoms with Crippen molar-refractivity contribution < 1.29 is 9.32 Å². The second-order valence-electron chi connectivity index (χ2n) is 3.09. The van der Waals surface area contributed by atoms with Gasteiger partial charge >= 0.3 is 0 Å². The van der Waals surface area contributed by atoms with Crippen LogP contribution in [0.2, 0.25) is 0 Å². The van der Waals surface area contributed by atoms with Gasteiger partial charge in [-0.05, 0) is 6.92 Å². The highest BCUT2D eigenvalue weighted by Gasteiger charge is 2.10. The van der Waals surface area contributed by atoms with Crippen molar-refractivity contribution in [3.05, 3.63) is 16.8 Å². The van der Waals surface area contributed by atoms with Crippen LogP contribution in [0.25, 0.3) is 11.5 Å². The van der Waals surface area contributed by atoms with E-state index in [2.05, 4.69) is 15.1 Å². The van der Waals surface area contributed by atoms with E-state index in [0.717, 1.165) is 0 Å². The maximum absolute atomic E-state index is 10.8. The normalized spacial score (nSPS) is 10.5. The van der Waals surface area contributed by atoms with Crippen molar-refractivity contribution in [2.24, 2.45) is 0 Å². The number of thiazole rings is 1. The number of hydrogen-bond donors (Lipinski definition) is 0. The number of aryl methyl sites for hydroxylation is 1. The summed E-state index contributed by atoms with van der Waals surface area (Å²) in [6.07, 6.45) is 0.922. The third kappa shape index (κ3) is 2.47. The van der Waals surface area contributed by atoms with E-state index in [4.69, 9.17) is 4.52 Å². The molecule has 0 saturated carbocycles. The van der Waals surface area contributed by atoms with E-state index in [1.54, 1.807) is 5.51 Å². The van der Waals surface area contributed by atoms with Crippen molar-refractivity contribution >= 4 is 17.1 Å². The molecule has 2 heterocycles. The molecule has 0 amide bonds. The fraction of sp³-hybridized carbons (Fsp3) is 0.333. The van der Waals surface area contributed by atoms with Gasteiger partial charge in [0.25, 0.3) is 0 Å². The molecule has 0 fully saturated rings. The smallest absolute Gasteiger partial charge is 0.227 e. The molecule has 0 saturated heterocycles. The molecular formula is C9H9N3O2S. The fourth-order valence-electron chi connectivity index (χ4n) is 1.07. The number of carbonyl (C=O) groups excluding carboxylic acids is 1. The maximum atomic E-state index is 10.8. The van der Waals surface area contributed by atoms with E-state index in [1.807, 2.05) is 5.38 Å². The Morgan fingerprint density at radius 3 is 3.13 bits per heavy atom. The predicted octanol–water partition coefficient (Wildman–Crippen LogP) is 1.71. The summed E-state index contributed by atoms with van der Waals surface area (Å²) in [7, 11) is 0. The fourth-order valence-corrected chi connectivity index (χ4v) is 1.60. The number of hydrogen-bond acceptors (Lipinski definition) is 6. The van der Waals surface area contributed by atoms with Gasteiger partial charge in [-0.15, -0.1) is 11.3 Å². The minimum atomic E-state index is 0.114. The molecule has 5 nitrogen and oxygen atoms in total. The average Bonchev–Trinajstić information content (AvgIpc) is 2.85. The summed E-state index contributed by atoms with van der Waals surface area (Å²) in [4.78, 5) is 19.0. The summed E-state index contributed by atoms with van der Waals surface area (Å²) < 4.78 is 4.99. The molecule has 2 rings (SSSR count). The summed E-state index contributed by atoms with van der Waals surface area (Å²) >= 11 is 1.48. The van der Waals surface area contributed by atoms with Crippen LogP contribution >= 0.6 is 11.3 Å². The molecule has 0 aromatic carbocycles. The zero-order chi connectivity index (χ0) is 10.7.